The molecule has 5 aromatic rings. The lowest BCUT2D eigenvalue weighted by Crippen LogP contribution is -2.26. The molecule has 0 aliphatic rings. The number of nitrogens with zero attached hydrogens (tertiary/aromatic N) is 4. The molecule has 0 radical (unpaired) electrons. The predicted octanol–water partition coefficient (Wildman–Crippen LogP) is 4.34. The maximum absolute atomic E-state index is 13.6. The van der Waals surface area contributed by atoms with Crippen LogP contribution in [0.5, 0.6) is 0 Å². The number of Topliss-reactive ketones (excluding diaryl/α,β-unsaturated/α-hetero) is 1. The van der Waals surface area contributed by atoms with E-state index < -0.39 is 23.2 Å². The summed E-state index contributed by atoms with van der Waals surface area (Å²) in [5.74, 6) is -1.41. The summed E-state index contributed by atoms with van der Waals surface area (Å²) in [4.78, 5) is 56.2. The zero-order valence-electron chi connectivity index (χ0n) is 21.2. The van der Waals surface area contributed by atoms with Gasteiger partial charge in [-0.15, -0.1) is 11.3 Å². The molecule has 1 amide bonds. The molecule has 0 spiro atoms. The zero-order chi connectivity index (χ0) is 29.1. The molecule has 0 aliphatic carbocycles. The molecule has 41 heavy (non-hydrogen) atoms. The summed E-state index contributed by atoms with van der Waals surface area (Å²) < 4.78 is 7.98. The predicted molar refractivity (Wildman–Crippen MR) is 154 cm³/mol. The summed E-state index contributed by atoms with van der Waals surface area (Å²) in [6.07, 6.45) is 5.35. The van der Waals surface area contributed by atoms with Crippen molar-refractivity contribution < 1.29 is 18.8 Å². The van der Waals surface area contributed by atoms with Crippen LogP contribution in [0.2, 0.25) is 4.34 Å². The van der Waals surface area contributed by atoms with E-state index in [1.54, 1.807) is 18.2 Å². The lowest BCUT2D eigenvalue weighted by molar-refractivity contribution is 0.0938. The van der Waals surface area contributed by atoms with Crippen molar-refractivity contribution in [3.8, 4) is 11.3 Å². The first kappa shape index (κ1) is 27.5. The number of rotatable bonds is 10. The van der Waals surface area contributed by atoms with Gasteiger partial charge in [0.15, 0.2) is 12.2 Å². The van der Waals surface area contributed by atoms with Crippen molar-refractivity contribution in [2.45, 2.75) is 13.1 Å². The maximum atomic E-state index is 13.6. The molecule has 0 saturated carbocycles. The molecule has 0 unspecified atom stereocenters. The summed E-state index contributed by atoms with van der Waals surface area (Å²) in [6.45, 7) is 3.81. The number of carbonyl (C=O) groups excluding carboxylic acids is 3. The molecule has 206 valence electrons. The molecule has 4 heterocycles. The highest BCUT2D eigenvalue weighted by atomic mass is 35.5. The highest BCUT2D eigenvalue weighted by Gasteiger charge is 2.22. The van der Waals surface area contributed by atoms with Crippen molar-refractivity contribution in [1.29, 1.82) is 0 Å². The van der Waals surface area contributed by atoms with Crippen molar-refractivity contribution in [2.75, 3.05) is 5.32 Å². The van der Waals surface area contributed by atoms with Crippen LogP contribution in [0.25, 0.3) is 17.3 Å². The molecule has 0 aliphatic heterocycles. The number of ketones is 1. The third-order valence-electron chi connectivity index (χ3n) is 6.06. The van der Waals surface area contributed by atoms with Gasteiger partial charge in [0.05, 0.1) is 29.2 Å². The average molecular weight is 589 g/mol. The Morgan fingerprint density at radius 3 is 2.63 bits per heavy atom. The fourth-order valence-corrected chi connectivity index (χ4v) is 5.09. The summed E-state index contributed by atoms with van der Waals surface area (Å²) in [7, 11) is 0. The van der Waals surface area contributed by atoms with Gasteiger partial charge in [-0.25, -0.2) is 4.98 Å². The number of oxazole rings is 1. The molecule has 0 atom stereocenters. The topological polar surface area (TPSA) is 155 Å². The van der Waals surface area contributed by atoms with Gasteiger partial charge in [-0.3, -0.25) is 19.2 Å². The second-order valence-electron chi connectivity index (χ2n) is 8.71. The Bertz CT molecular complexity index is 1850. The van der Waals surface area contributed by atoms with Gasteiger partial charge in [-0.05, 0) is 42.0 Å². The number of benzene rings is 1. The largest absolute Gasteiger partial charge is 0.440 e. The number of amides is 1. The molecule has 3 N–H and O–H groups in total. The summed E-state index contributed by atoms with van der Waals surface area (Å²) in [6, 6.07) is 12.7. The van der Waals surface area contributed by atoms with Crippen molar-refractivity contribution >= 4 is 52.4 Å². The zero-order valence-corrected chi connectivity index (χ0v) is 22.8. The van der Waals surface area contributed by atoms with Gasteiger partial charge in [-0.1, -0.05) is 30.3 Å². The number of hydrogen-bond acceptors (Lipinski definition) is 9. The summed E-state index contributed by atoms with van der Waals surface area (Å²) >= 11 is 7.43. The molecular weight excluding hydrogens is 568 g/mol. The molecule has 0 fully saturated rings. The quantitative estimate of drug-likeness (QED) is 0.228. The molecular formula is C28H21ClN6O5S. The van der Waals surface area contributed by atoms with Gasteiger partial charge in [-0.2, -0.15) is 9.78 Å². The molecule has 1 aromatic carbocycles. The number of nitrogens with two attached hydrogens (primary N) is 1. The highest BCUT2D eigenvalue weighted by molar-refractivity contribution is 7.16. The van der Waals surface area contributed by atoms with Crippen LogP contribution in [-0.2, 0) is 13.1 Å². The summed E-state index contributed by atoms with van der Waals surface area (Å²) in [5, 5.41) is 7.65. The van der Waals surface area contributed by atoms with Gasteiger partial charge in [0.2, 0.25) is 11.7 Å². The lowest BCUT2D eigenvalue weighted by atomic mass is 10.1. The van der Waals surface area contributed by atoms with E-state index in [0.717, 1.165) is 16.0 Å². The minimum Gasteiger partial charge on any atom is -0.440 e. The van der Waals surface area contributed by atoms with Gasteiger partial charge in [0, 0.05) is 28.3 Å². The van der Waals surface area contributed by atoms with E-state index in [1.807, 2.05) is 6.07 Å². The van der Waals surface area contributed by atoms with Crippen molar-refractivity contribution in [3.05, 3.63) is 116 Å². The fourth-order valence-electron chi connectivity index (χ4n) is 4.06. The van der Waals surface area contributed by atoms with Crippen molar-refractivity contribution in [2.24, 2.45) is 5.73 Å². The molecule has 4 aromatic heterocycles. The first-order chi connectivity index (χ1) is 19.7. The van der Waals surface area contributed by atoms with Crippen molar-refractivity contribution in [1.82, 2.24) is 19.3 Å². The number of halogens is 1. The van der Waals surface area contributed by atoms with E-state index in [9.17, 15) is 19.2 Å². The van der Waals surface area contributed by atoms with Crippen LogP contribution in [0.3, 0.4) is 0 Å². The smallest absolute Gasteiger partial charge is 0.280 e. The molecule has 13 heteroatoms. The van der Waals surface area contributed by atoms with Crippen molar-refractivity contribution in [3.63, 3.8) is 0 Å². The van der Waals surface area contributed by atoms with E-state index in [0.29, 0.717) is 16.4 Å². The second kappa shape index (κ2) is 11.6. The number of nitrogens with one attached hydrogen (secondary N) is 1. The van der Waals surface area contributed by atoms with Gasteiger partial charge < -0.3 is 20.0 Å². The molecule has 11 nitrogen and oxygen atoms in total. The maximum Gasteiger partial charge on any atom is 0.280 e. The van der Waals surface area contributed by atoms with Crippen LogP contribution in [0, 0.1) is 0 Å². The minimum absolute atomic E-state index is 0.0134. The number of anilines is 1. The van der Waals surface area contributed by atoms with Crippen LogP contribution < -0.4 is 16.6 Å². The van der Waals surface area contributed by atoms with Crippen LogP contribution in [0.1, 0.15) is 41.7 Å². The SMILES string of the molecule is C=Cc1ccn(CC(=O)c2cnco2)c(=O)c1-c1cc(NCc2ccc(Cl)s2)n(C(=O)c2cccc(C(N)=O)c2)n1. The monoisotopic (exact) mass is 588 g/mol. The van der Waals surface area contributed by atoms with E-state index in [4.69, 9.17) is 21.8 Å². The lowest BCUT2D eigenvalue weighted by Gasteiger charge is -2.09. The van der Waals surface area contributed by atoms with E-state index in [1.165, 1.54) is 58.6 Å². The van der Waals surface area contributed by atoms with Gasteiger partial charge in [0.1, 0.15) is 11.5 Å². The molecule has 0 bridgehead atoms. The number of primary amides is 1. The highest BCUT2D eigenvalue weighted by Crippen LogP contribution is 2.27. The molecule has 0 saturated heterocycles. The number of aromatic nitrogens is 4. The first-order valence-corrected chi connectivity index (χ1v) is 13.2. The van der Waals surface area contributed by atoms with E-state index in [-0.39, 0.29) is 40.5 Å². The second-order valence-corrected chi connectivity index (χ2v) is 10.5. The number of pyridine rings is 1. The molecule has 5 rings (SSSR count). The number of carbonyl (C=O) groups is 3. The normalized spacial score (nSPS) is 10.9. The fraction of sp³-hybridized carbons (Fsp3) is 0.0714. The Balaban J connectivity index is 1.58. The van der Waals surface area contributed by atoms with Gasteiger partial charge in [0.25, 0.3) is 11.5 Å². The van der Waals surface area contributed by atoms with Crippen LogP contribution >= 0.6 is 22.9 Å². The third kappa shape index (κ3) is 5.78. The van der Waals surface area contributed by atoms with E-state index >= 15 is 0 Å². The summed E-state index contributed by atoms with van der Waals surface area (Å²) in [5.41, 5.74) is 5.93. The average Bonchev–Trinajstić information content (AvgIpc) is 3.74. The Morgan fingerprint density at radius 1 is 1.15 bits per heavy atom. The Morgan fingerprint density at radius 2 is 1.95 bits per heavy atom. The number of thiophene rings is 1. The Labute approximate surface area is 241 Å². The third-order valence-corrected chi connectivity index (χ3v) is 7.29. The minimum atomic E-state index is -0.686. The van der Waals surface area contributed by atoms with Gasteiger partial charge >= 0.3 is 0 Å². The van der Waals surface area contributed by atoms with Crippen LogP contribution in [-0.4, -0.2) is 36.9 Å². The Kier molecular flexibility index (Phi) is 7.77. The number of hydrogen-bond donors (Lipinski definition) is 2. The van der Waals surface area contributed by atoms with Crippen LogP contribution in [0.15, 0.2) is 83.1 Å². The van der Waals surface area contributed by atoms with E-state index in [2.05, 4.69) is 22.0 Å². The first-order valence-electron chi connectivity index (χ1n) is 12.1. The van der Waals surface area contributed by atoms with Crippen LogP contribution in [0.4, 0.5) is 5.82 Å². The standard InChI is InChI=1S/C28H21ClN6O5S/c1-2-16-8-9-34(14-21(36)22-13-31-15-40-22)28(39)25(16)20-11-24(32-12-19-6-7-23(29)41-19)35(33-20)27(38)18-5-3-4-17(10-18)26(30)37/h2-11,13,15,32H,1,12,14H2,(H2,30,37). The Hall–Kier alpha value is -5.07.